The molecule has 0 saturated carbocycles. The van der Waals surface area contributed by atoms with Crippen LogP contribution in [0.1, 0.15) is 20.8 Å². The molecule has 1 N–H and O–H groups in total. The molecule has 6 heteroatoms. The summed E-state index contributed by atoms with van der Waals surface area (Å²) in [5.41, 5.74) is 1.62. The number of carbonyl (C=O) groups is 2. The summed E-state index contributed by atoms with van der Waals surface area (Å²) in [6.45, 7) is 5.21. The van der Waals surface area contributed by atoms with Gasteiger partial charge in [0.1, 0.15) is 11.4 Å². The second-order valence-electron chi connectivity index (χ2n) is 4.85. The Morgan fingerprint density at radius 2 is 1.74 bits per heavy atom. The van der Waals surface area contributed by atoms with E-state index in [1.807, 2.05) is 0 Å². The van der Waals surface area contributed by atoms with E-state index in [0.29, 0.717) is 5.75 Å². The lowest BCUT2D eigenvalue weighted by atomic mass is 10.2. The topological polar surface area (TPSA) is 67.9 Å². The Kier molecular flexibility index (Phi) is 4.74. The molecule has 2 amide bonds. The molecule has 0 aliphatic heterocycles. The van der Waals surface area contributed by atoms with E-state index in [0.717, 1.165) is 5.01 Å². The number of ether oxygens (including phenoxy) is 2. The van der Waals surface area contributed by atoms with E-state index in [9.17, 15) is 9.59 Å². The Bertz CT molecular complexity index is 440. The predicted molar refractivity (Wildman–Crippen MR) is 69.6 cm³/mol. The molecule has 0 radical (unpaired) electrons. The number of hydrazine groups is 1. The average molecular weight is 266 g/mol. The van der Waals surface area contributed by atoms with Gasteiger partial charge in [-0.2, -0.15) is 0 Å². The van der Waals surface area contributed by atoms with Gasteiger partial charge in [0.15, 0.2) is 0 Å². The Labute approximate surface area is 112 Å². The minimum Gasteiger partial charge on any atom is -0.442 e. The van der Waals surface area contributed by atoms with Crippen molar-refractivity contribution >= 4 is 12.2 Å². The Balaban J connectivity index is 2.46. The number of nitrogens with zero attached hydrogens (tertiary/aromatic N) is 1. The zero-order valence-electron chi connectivity index (χ0n) is 11.5. The van der Waals surface area contributed by atoms with Crippen molar-refractivity contribution in [2.24, 2.45) is 0 Å². The molecular weight excluding hydrogens is 248 g/mol. The summed E-state index contributed by atoms with van der Waals surface area (Å²) in [5.74, 6) is 0.387. The number of carbonyl (C=O) groups excluding carboxylic acids is 2. The molecule has 6 nitrogen and oxygen atoms in total. The fraction of sp³-hybridized carbons (Fsp3) is 0.385. The third-order valence-corrected chi connectivity index (χ3v) is 1.88. The van der Waals surface area contributed by atoms with Crippen molar-refractivity contribution in [1.82, 2.24) is 10.4 Å². The maximum Gasteiger partial charge on any atom is 0.431 e. The maximum absolute atomic E-state index is 11.6. The summed E-state index contributed by atoms with van der Waals surface area (Å²) in [6, 6.07) is 8.54. The SMILES string of the molecule is CN(NC(=O)Oc1ccccc1)C(=O)OC(C)(C)C. The third-order valence-electron chi connectivity index (χ3n) is 1.88. The van der Waals surface area contributed by atoms with Gasteiger partial charge < -0.3 is 9.47 Å². The number of benzene rings is 1. The summed E-state index contributed by atoms with van der Waals surface area (Å²) >= 11 is 0. The zero-order valence-corrected chi connectivity index (χ0v) is 11.5. The van der Waals surface area contributed by atoms with Crippen LogP contribution in [-0.4, -0.2) is 29.8 Å². The van der Waals surface area contributed by atoms with E-state index in [4.69, 9.17) is 9.47 Å². The lowest BCUT2D eigenvalue weighted by Gasteiger charge is -2.24. The van der Waals surface area contributed by atoms with E-state index in [2.05, 4.69) is 5.43 Å². The molecule has 1 rings (SSSR count). The standard InChI is InChI=1S/C13H18N2O4/c1-13(2,3)19-12(17)15(4)14-11(16)18-10-8-6-5-7-9-10/h5-9H,1-4H3,(H,14,16). The molecule has 104 valence electrons. The smallest absolute Gasteiger partial charge is 0.431 e. The van der Waals surface area contributed by atoms with E-state index in [1.54, 1.807) is 51.1 Å². The molecule has 0 heterocycles. The number of amides is 2. The van der Waals surface area contributed by atoms with Crippen molar-refractivity contribution in [2.75, 3.05) is 7.05 Å². The van der Waals surface area contributed by atoms with E-state index in [-0.39, 0.29) is 0 Å². The molecule has 0 aliphatic rings. The molecule has 1 aromatic rings. The maximum atomic E-state index is 11.6. The highest BCUT2D eigenvalue weighted by Gasteiger charge is 2.21. The first-order valence-corrected chi connectivity index (χ1v) is 5.78. The first-order chi connectivity index (χ1) is 8.78. The minimum absolute atomic E-state index is 0.387. The van der Waals surface area contributed by atoms with E-state index < -0.39 is 17.8 Å². The van der Waals surface area contributed by atoms with Crippen LogP contribution in [-0.2, 0) is 4.74 Å². The summed E-state index contributed by atoms with van der Waals surface area (Å²) in [7, 11) is 1.38. The number of hydrogen-bond acceptors (Lipinski definition) is 4. The number of nitrogens with one attached hydrogen (secondary N) is 1. The molecule has 1 aromatic carbocycles. The molecule has 19 heavy (non-hydrogen) atoms. The Morgan fingerprint density at radius 3 is 2.26 bits per heavy atom. The van der Waals surface area contributed by atoms with Crippen molar-refractivity contribution in [3.63, 3.8) is 0 Å². The zero-order chi connectivity index (χ0) is 14.5. The van der Waals surface area contributed by atoms with Crippen LogP contribution in [0.3, 0.4) is 0 Å². The Morgan fingerprint density at radius 1 is 1.16 bits per heavy atom. The summed E-state index contributed by atoms with van der Waals surface area (Å²) < 4.78 is 10.0. The molecule has 0 unspecified atom stereocenters. The molecule has 0 aromatic heterocycles. The highest BCUT2D eigenvalue weighted by atomic mass is 16.6. The van der Waals surface area contributed by atoms with E-state index in [1.165, 1.54) is 7.05 Å². The molecule has 0 spiro atoms. The lowest BCUT2D eigenvalue weighted by molar-refractivity contribution is 0.0210. The fourth-order valence-corrected chi connectivity index (χ4v) is 1.13. The van der Waals surface area contributed by atoms with Crippen LogP contribution in [0.25, 0.3) is 0 Å². The van der Waals surface area contributed by atoms with Crippen LogP contribution in [0, 0.1) is 0 Å². The van der Waals surface area contributed by atoms with Crippen molar-refractivity contribution in [3.05, 3.63) is 30.3 Å². The normalized spacial score (nSPS) is 10.5. The van der Waals surface area contributed by atoms with Gasteiger partial charge in [-0.3, -0.25) is 0 Å². The van der Waals surface area contributed by atoms with Gasteiger partial charge in [-0.1, -0.05) is 18.2 Å². The van der Waals surface area contributed by atoms with Crippen LogP contribution in [0.5, 0.6) is 5.75 Å². The van der Waals surface area contributed by atoms with Crippen molar-refractivity contribution in [2.45, 2.75) is 26.4 Å². The van der Waals surface area contributed by atoms with Crippen LogP contribution in [0.15, 0.2) is 30.3 Å². The van der Waals surface area contributed by atoms with Crippen LogP contribution in [0.4, 0.5) is 9.59 Å². The predicted octanol–water partition coefficient (Wildman–Crippen LogP) is 2.56. The number of para-hydroxylation sites is 1. The number of rotatable bonds is 1. The van der Waals surface area contributed by atoms with E-state index >= 15 is 0 Å². The highest BCUT2D eigenvalue weighted by molar-refractivity contribution is 5.75. The Hall–Kier alpha value is -2.24. The van der Waals surface area contributed by atoms with Gasteiger partial charge >= 0.3 is 12.2 Å². The van der Waals surface area contributed by atoms with Crippen molar-refractivity contribution in [1.29, 1.82) is 0 Å². The lowest BCUT2D eigenvalue weighted by Crippen LogP contribution is -2.46. The van der Waals surface area contributed by atoms with Gasteiger partial charge in [0, 0.05) is 7.05 Å². The van der Waals surface area contributed by atoms with Gasteiger partial charge in [-0.05, 0) is 32.9 Å². The summed E-state index contributed by atoms with van der Waals surface area (Å²) in [6.07, 6.45) is -1.43. The van der Waals surface area contributed by atoms with Gasteiger partial charge in [0.25, 0.3) is 0 Å². The number of hydrogen-bond donors (Lipinski definition) is 1. The van der Waals surface area contributed by atoms with Gasteiger partial charge in [-0.15, -0.1) is 0 Å². The van der Waals surface area contributed by atoms with Crippen LogP contribution >= 0.6 is 0 Å². The van der Waals surface area contributed by atoms with Gasteiger partial charge in [0.05, 0.1) is 0 Å². The molecule has 0 atom stereocenters. The molecular formula is C13H18N2O4. The average Bonchev–Trinajstić information content (AvgIpc) is 2.27. The van der Waals surface area contributed by atoms with Crippen LogP contribution in [0.2, 0.25) is 0 Å². The first kappa shape index (κ1) is 14.8. The fourth-order valence-electron chi connectivity index (χ4n) is 1.13. The first-order valence-electron chi connectivity index (χ1n) is 5.78. The second kappa shape index (κ2) is 6.08. The monoisotopic (exact) mass is 266 g/mol. The molecule has 0 bridgehead atoms. The summed E-state index contributed by atoms with van der Waals surface area (Å²) in [4.78, 5) is 23.1. The van der Waals surface area contributed by atoms with Gasteiger partial charge in [-0.25, -0.2) is 20.0 Å². The second-order valence-corrected chi connectivity index (χ2v) is 4.85. The molecule has 0 saturated heterocycles. The van der Waals surface area contributed by atoms with Crippen LogP contribution < -0.4 is 10.2 Å². The largest absolute Gasteiger partial charge is 0.442 e. The van der Waals surface area contributed by atoms with Gasteiger partial charge in [0.2, 0.25) is 0 Å². The molecule has 0 fully saturated rings. The van der Waals surface area contributed by atoms with Crippen molar-refractivity contribution < 1.29 is 19.1 Å². The highest BCUT2D eigenvalue weighted by Crippen LogP contribution is 2.09. The molecule has 0 aliphatic carbocycles. The quantitative estimate of drug-likeness (QED) is 0.793. The van der Waals surface area contributed by atoms with Crippen molar-refractivity contribution in [3.8, 4) is 5.75 Å². The third kappa shape index (κ3) is 5.76. The minimum atomic E-state index is -0.764. The summed E-state index contributed by atoms with van der Waals surface area (Å²) in [5, 5.41) is 0.927.